The molecule has 0 fully saturated rings. The van der Waals surface area contributed by atoms with Crippen LogP contribution in [-0.2, 0) is 10.8 Å². The molecule has 24 rings (SSSR count). The topological polar surface area (TPSA) is 26.3 Å². The van der Waals surface area contributed by atoms with E-state index in [1.165, 1.54) is 192 Å². The largest absolute Gasteiger partial charge is 0.456 e. The highest BCUT2D eigenvalue weighted by molar-refractivity contribution is 6.27. The van der Waals surface area contributed by atoms with Gasteiger partial charge in [0.15, 0.2) is 0 Å². The first kappa shape index (κ1) is 64.1. The van der Waals surface area contributed by atoms with Crippen molar-refractivity contribution in [1.82, 2.24) is 0 Å². The maximum Gasteiger partial charge on any atom is 0.143 e. The molecule has 2 aromatic heterocycles. The van der Waals surface area contributed by atoms with E-state index < -0.39 is 0 Å². The Kier molecular flexibility index (Phi) is 13.9. The van der Waals surface area contributed by atoms with Crippen LogP contribution in [0.25, 0.3) is 219 Å². The molecule has 0 saturated heterocycles. The highest BCUT2D eigenvalue weighted by Gasteiger charge is 2.42. The Morgan fingerprint density at radius 3 is 0.866 bits per heavy atom. The van der Waals surface area contributed by atoms with Gasteiger partial charge in [0.2, 0.25) is 0 Å². The summed E-state index contributed by atoms with van der Waals surface area (Å²) < 4.78 is 12.9. The van der Waals surface area contributed by atoms with Crippen molar-refractivity contribution in [1.29, 1.82) is 0 Å². The van der Waals surface area contributed by atoms with E-state index in [9.17, 15) is 0 Å². The summed E-state index contributed by atoms with van der Waals surface area (Å²) in [5.74, 6) is 0. The summed E-state index contributed by atoms with van der Waals surface area (Å²) in [5, 5.41) is 25.1. The molecule has 22 aromatic rings. The van der Waals surface area contributed by atoms with Crippen LogP contribution in [0.2, 0.25) is 0 Å². The molecule has 2 heteroatoms. The quantitative estimate of drug-likeness (QED) is 0.123. The highest BCUT2D eigenvalue weighted by Crippen LogP contribution is 2.60. The molecule has 0 N–H and O–H groups in total. The van der Waals surface area contributed by atoms with Crippen LogP contribution in [0.4, 0.5) is 0 Å². The number of furan rings is 2. The van der Waals surface area contributed by atoms with Crippen LogP contribution in [0.5, 0.6) is 0 Å². The lowest BCUT2D eigenvalue weighted by molar-refractivity contribution is 0.668. The number of fused-ring (bicyclic) bond motifs is 26. The van der Waals surface area contributed by atoms with Gasteiger partial charge >= 0.3 is 0 Å². The molecule has 2 aliphatic carbocycles. The molecule has 112 heavy (non-hydrogen) atoms. The molecule has 0 radical (unpaired) electrons. The van der Waals surface area contributed by atoms with Crippen molar-refractivity contribution in [3.63, 3.8) is 0 Å². The van der Waals surface area contributed by atoms with Crippen LogP contribution >= 0.6 is 0 Å². The van der Waals surface area contributed by atoms with Crippen LogP contribution in [0.3, 0.4) is 0 Å². The fourth-order valence-electron chi connectivity index (χ4n) is 20.7. The Labute approximate surface area is 648 Å². The summed E-state index contributed by atoms with van der Waals surface area (Å²) in [5.41, 5.74) is 29.2. The molecule has 2 aliphatic rings. The maximum absolute atomic E-state index is 6.64. The van der Waals surface area contributed by atoms with Crippen molar-refractivity contribution in [2.45, 2.75) is 38.5 Å². The van der Waals surface area contributed by atoms with Gasteiger partial charge in [0.05, 0.1) is 0 Å². The highest BCUT2D eigenvalue weighted by atomic mass is 16.3. The van der Waals surface area contributed by atoms with Crippen LogP contribution in [0.15, 0.2) is 373 Å². The lowest BCUT2D eigenvalue weighted by atomic mass is 9.76. The molecular formula is C110H72O2. The van der Waals surface area contributed by atoms with E-state index in [-0.39, 0.29) is 10.8 Å². The first-order chi connectivity index (χ1) is 55.1. The molecular weight excluding hydrogens is 1350 g/mol. The number of hydrogen-bond donors (Lipinski definition) is 0. The predicted molar refractivity (Wildman–Crippen MR) is 475 cm³/mol. The molecule has 0 amide bonds. The molecule has 0 bridgehead atoms. The summed E-state index contributed by atoms with van der Waals surface area (Å²) >= 11 is 0. The Balaban J connectivity index is 0.000000134. The van der Waals surface area contributed by atoms with Gasteiger partial charge < -0.3 is 8.83 Å². The van der Waals surface area contributed by atoms with E-state index >= 15 is 0 Å². The molecule has 0 spiro atoms. The maximum atomic E-state index is 6.64. The van der Waals surface area contributed by atoms with E-state index in [0.717, 1.165) is 49.4 Å². The molecule has 20 aromatic carbocycles. The van der Waals surface area contributed by atoms with E-state index in [4.69, 9.17) is 8.83 Å². The van der Waals surface area contributed by atoms with Crippen molar-refractivity contribution in [3.05, 3.63) is 386 Å². The zero-order chi connectivity index (χ0) is 74.2. The lowest BCUT2D eigenvalue weighted by Gasteiger charge is -2.26. The molecule has 0 saturated carbocycles. The van der Waals surface area contributed by atoms with E-state index in [2.05, 4.69) is 380 Å². The monoisotopic (exact) mass is 1420 g/mol. The number of para-hydroxylation sites is 3. The minimum atomic E-state index is -0.209. The van der Waals surface area contributed by atoms with Crippen LogP contribution < -0.4 is 0 Å². The summed E-state index contributed by atoms with van der Waals surface area (Å²) in [6.07, 6.45) is 0. The number of hydrogen-bond acceptors (Lipinski definition) is 2. The van der Waals surface area contributed by atoms with E-state index in [1.807, 2.05) is 12.1 Å². The van der Waals surface area contributed by atoms with Crippen molar-refractivity contribution >= 4 is 130 Å². The van der Waals surface area contributed by atoms with Crippen LogP contribution in [0, 0.1) is 0 Å². The standard InChI is InChI=1S/2C55H36O/c1-55(2)52-35(27-14-29-46(52)51-39-21-5-3-18-36(39)37-19-4-10-26-44(37)53(51)55)33-16-13-17-34(32-33)49-40-22-6-8-24-42(40)50(43-25-9-7-23-41(43)49)47-30-15-28-45-38-20-11-12-31-48(38)56-54(45)47;1-55(2)53-36(26-14-27-46(53)52-40-20-5-3-17-37(40)38-18-4-10-25-45(38)54(52)55)33-15-13-16-34(31-33)50-41-21-6-8-23-43(41)51(44-24-9-7-22-42(44)50)35-29-30-49-47(32-35)39-19-11-12-28-48(39)56-49/h2*3-32H,1-2H3. The van der Waals surface area contributed by atoms with E-state index in [0.29, 0.717) is 0 Å². The number of benzene rings is 20. The normalized spacial score (nSPS) is 13.3. The number of rotatable bonds is 6. The van der Waals surface area contributed by atoms with Gasteiger partial charge in [-0.05, 0) is 223 Å². The van der Waals surface area contributed by atoms with Gasteiger partial charge in [-0.3, -0.25) is 0 Å². The Morgan fingerprint density at radius 2 is 0.438 bits per heavy atom. The fraction of sp³-hybridized carbons (Fsp3) is 0.0545. The average molecular weight is 1430 g/mol. The third-order valence-electron chi connectivity index (χ3n) is 25.2. The third kappa shape index (κ3) is 9.21. The Bertz CT molecular complexity index is 7700. The van der Waals surface area contributed by atoms with Gasteiger partial charge in [-0.15, -0.1) is 0 Å². The minimum Gasteiger partial charge on any atom is -0.456 e. The minimum absolute atomic E-state index is 0.205. The van der Waals surface area contributed by atoms with Gasteiger partial charge in [0.1, 0.15) is 22.3 Å². The van der Waals surface area contributed by atoms with Crippen LogP contribution in [-0.4, -0.2) is 0 Å². The second-order valence-corrected chi connectivity index (χ2v) is 31.8. The SMILES string of the molecule is CC1(C)c2c(-c3cccc(-c4c5ccccc5c(-c5ccc6oc7ccccc7c6c5)c5ccccc45)c3)cccc2-c2c1c1ccccc1c1ccccc21.CC1(C)c2c(-c3cccc(-c4c5ccccc5c(-c5cccc6c5oc5ccccc56)c5ccccc45)c3)cccc2-c2c1c1ccccc1c1ccccc21. The molecule has 0 unspecified atom stereocenters. The summed E-state index contributed by atoms with van der Waals surface area (Å²) in [7, 11) is 0. The second kappa shape index (κ2) is 24.3. The lowest BCUT2D eigenvalue weighted by Crippen LogP contribution is -2.17. The van der Waals surface area contributed by atoms with Gasteiger partial charge in [0.25, 0.3) is 0 Å². The average Bonchev–Trinajstić information content (AvgIpc) is 1.54. The van der Waals surface area contributed by atoms with Gasteiger partial charge in [-0.25, -0.2) is 0 Å². The molecule has 524 valence electrons. The zero-order valence-corrected chi connectivity index (χ0v) is 62.5. The molecule has 2 nitrogen and oxygen atoms in total. The first-order valence-corrected chi connectivity index (χ1v) is 39.2. The third-order valence-corrected chi connectivity index (χ3v) is 25.2. The molecule has 0 atom stereocenters. The van der Waals surface area contributed by atoms with Crippen molar-refractivity contribution in [2.75, 3.05) is 0 Å². The summed E-state index contributed by atoms with van der Waals surface area (Å²) in [6.45, 7) is 9.70. The predicted octanol–water partition coefficient (Wildman–Crippen LogP) is 31.0. The second-order valence-electron chi connectivity index (χ2n) is 31.8. The smallest absolute Gasteiger partial charge is 0.143 e. The fourth-order valence-corrected chi connectivity index (χ4v) is 20.7. The van der Waals surface area contributed by atoms with Crippen molar-refractivity contribution in [2.24, 2.45) is 0 Å². The molecule has 2 heterocycles. The van der Waals surface area contributed by atoms with Crippen LogP contribution in [0.1, 0.15) is 49.9 Å². The van der Waals surface area contributed by atoms with E-state index in [1.54, 1.807) is 0 Å². The van der Waals surface area contributed by atoms with Gasteiger partial charge in [-0.2, -0.15) is 0 Å². The van der Waals surface area contributed by atoms with Gasteiger partial charge in [0, 0.05) is 43.5 Å². The first-order valence-electron chi connectivity index (χ1n) is 39.2. The van der Waals surface area contributed by atoms with Crippen molar-refractivity contribution in [3.8, 4) is 89.0 Å². The van der Waals surface area contributed by atoms with Crippen molar-refractivity contribution < 1.29 is 8.83 Å². The Hall–Kier alpha value is -13.9. The Morgan fingerprint density at radius 1 is 0.161 bits per heavy atom. The molecule has 0 aliphatic heterocycles. The van der Waals surface area contributed by atoms with Gasteiger partial charge in [-0.1, -0.05) is 355 Å². The zero-order valence-electron chi connectivity index (χ0n) is 62.5. The summed E-state index contributed by atoms with van der Waals surface area (Å²) in [6, 6.07) is 134. The summed E-state index contributed by atoms with van der Waals surface area (Å²) in [4.78, 5) is 0.